The first kappa shape index (κ1) is 16.5. The number of hydrogen-bond acceptors (Lipinski definition) is 3. The maximum absolute atomic E-state index is 13.7. The average molecular weight is 329 g/mol. The minimum absolute atomic E-state index is 0.0847. The van der Waals surface area contributed by atoms with Crippen LogP contribution in [-0.4, -0.2) is 42.6 Å². The van der Waals surface area contributed by atoms with E-state index >= 15 is 0 Å². The first-order valence-corrected chi connectivity index (χ1v) is 7.57. The molecule has 5 nitrogen and oxygen atoms in total. The van der Waals surface area contributed by atoms with E-state index in [0.717, 1.165) is 0 Å². The number of rotatable bonds is 3. The molecule has 0 radical (unpaired) electrons. The molecule has 1 aliphatic heterocycles. The van der Waals surface area contributed by atoms with E-state index in [1.54, 1.807) is 11.8 Å². The average Bonchev–Trinajstić information content (AvgIpc) is 2.48. The molecule has 0 atom stereocenters. The van der Waals surface area contributed by atoms with Crippen LogP contribution in [0.4, 0.5) is 9.18 Å². The summed E-state index contributed by atoms with van der Waals surface area (Å²) in [5, 5.41) is 2.85. The Morgan fingerprint density at radius 1 is 1.41 bits per heavy atom. The van der Waals surface area contributed by atoms with Gasteiger partial charge in [-0.15, -0.1) is 0 Å². The van der Waals surface area contributed by atoms with Gasteiger partial charge in [0.2, 0.25) is 0 Å². The van der Waals surface area contributed by atoms with Crippen molar-refractivity contribution in [3.63, 3.8) is 0 Å². The highest BCUT2D eigenvalue weighted by molar-refractivity contribution is 6.33. The molecule has 1 saturated heterocycles. The lowest BCUT2D eigenvalue weighted by Crippen LogP contribution is -2.46. The fraction of sp³-hybridized carbons (Fsp3) is 0.467. The second-order valence-corrected chi connectivity index (χ2v) is 5.44. The highest BCUT2D eigenvalue weighted by Gasteiger charge is 2.26. The third-order valence-electron chi connectivity index (χ3n) is 3.55. The number of amides is 2. The van der Waals surface area contributed by atoms with E-state index in [0.29, 0.717) is 32.5 Å². The summed E-state index contributed by atoms with van der Waals surface area (Å²) in [6, 6.07) is 4.01. The molecule has 1 fully saturated rings. The number of hydrogen-bond donors (Lipinski definition) is 1. The molecule has 1 aromatic carbocycles. The van der Waals surface area contributed by atoms with E-state index in [1.165, 1.54) is 18.2 Å². The third-order valence-corrected chi connectivity index (χ3v) is 3.86. The predicted molar refractivity (Wildman–Crippen MR) is 80.5 cm³/mol. The lowest BCUT2D eigenvalue weighted by atomic mass is 10.0. The molecule has 0 spiro atoms. The van der Waals surface area contributed by atoms with Crippen LogP contribution >= 0.6 is 11.6 Å². The minimum Gasteiger partial charge on any atom is -0.450 e. The zero-order chi connectivity index (χ0) is 16.1. The molecule has 2 rings (SSSR count). The molecule has 1 heterocycles. The van der Waals surface area contributed by atoms with Crippen molar-refractivity contribution in [2.75, 3.05) is 19.7 Å². The molecule has 0 aromatic heterocycles. The number of nitrogens with one attached hydrogen (secondary N) is 1. The van der Waals surface area contributed by atoms with Crippen LogP contribution in [-0.2, 0) is 4.74 Å². The van der Waals surface area contributed by atoms with Crippen LogP contribution in [0.25, 0.3) is 0 Å². The van der Waals surface area contributed by atoms with Crippen molar-refractivity contribution < 1.29 is 18.7 Å². The number of likely N-dealkylation sites (tertiary alicyclic amines) is 1. The summed E-state index contributed by atoms with van der Waals surface area (Å²) < 4.78 is 18.6. The standard InChI is InChI=1S/C15H18ClFN2O3/c1-2-22-15(21)19-8-6-10(7-9-19)18-14(20)13-11(16)4-3-5-12(13)17/h3-5,10H,2,6-9H2,1H3,(H,18,20). The largest absolute Gasteiger partial charge is 0.450 e. The highest BCUT2D eigenvalue weighted by atomic mass is 35.5. The summed E-state index contributed by atoms with van der Waals surface area (Å²) >= 11 is 5.87. The van der Waals surface area contributed by atoms with Gasteiger partial charge in [-0.25, -0.2) is 9.18 Å². The van der Waals surface area contributed by atoms with Crippen molar-refractivity contribution in [3.05, 3.63) is 34.6 Å². The fourth-order valence-electron chi connectivity index (χ4n) is 2.39. The summed E-state index contributed by atoms with van der Waals surface area (Å²) in [6.07, 6.45) is 0.845. The maximum Gasteiger partial charge on any atom is 0.409 e. The van der Waals surface area contributed by atoms with E-state index in [4.69, 9.17) is 16.3 Å². The molecule has 22 heavy (non-hydrogen) atoms. The van der Waals surface area contributed by atoms with Gasteiger partial charge < -0.3 is 15.0 Å². The van der Waals surface area contributed by atoms with E-state index in [2.05, 4.69) is 5.32 Å². The second-order valence-electron chi connectivity index (χ2n) is 5.03. The number of carbonyl (C=O) groups is 2. The molecule has 0 aliphatic carbocycles. The SMILES string of the molecule is CCOC(=O)N1CCC(NC(=O)c2c(F)cccc2Cl)CC1. The Labute approximate surface area is 133 Å². The Hall–Kier alpha value is -1.82. The molecule has 0 bridgehead atoms. The topological polar surface area (TPSA) is 58.6 Å². The van der Waals surface area contributed by atoms with Crippen molar-refractivity contribution in [1.29, 1.82) is 0 Å². The van der Waals surface area contributed by atoms with Gasteiger partial charge in [0.25, 0.3) is 5.91 Å². The Morgan fingerprint density at radius 3 is 2.68 bits per heavy atom. The van der Waals surface area contributed by atoms with Crippen molar-refractivity contribution in [2.45, 2.75) is 25.8 Å². The quantitative estimate of drug-likeness (QED) is 0.928. The number of halogens is 2. The van der Waals surface area contributed by atoms with Crippen LogP contribution < -0.4 is 5.32 Å². The van der Waals surface area contributed by atoms with Crippen molar-refractivity contribution >= 4 is 23.6 Å². The van der Waals surface area contributed by atoms with Crippen LogP contribution in [0.2, 0.25) is 5.02 Å². The first-order valence-electron chi connectivity index (χ1n) is 7.19. The first-order chi connectivity index (χ1) is 10.5. The summed E-state index contributed by atoms with van der Waals surface area (Å²) in [4.78, 5) is 25.3. The van der Waals surface area contributed by atoms with Gasteiger partial charge in [0.15, 0.2) is 0 Å². The highest BCUT2D eigenvalue weighted by Crippen LogP contribution is 2.20. The Kier molecular flexibility index (Phi) is 5.60. The normalized spacial score (nSPS) is 15.5. The summed E-state index contributed by atoms with van der Waals surface area (Å²) in [5.41, 5.74) is -0.142. The molecule has 0 unspecified atom stereocenters. The van der Waals surface area contributed by atoms with Crippen molar-refractivity contribution in [3.8, 4) is 0 Å². The minimum atomic E-state index is -0.644. The molecule has 7 heteroatoms. The van der Waals surface area contributed by atoms with Gasteiger partial charge in [0, 0.05) is 19.1 Å². The molecule has 1 aliphatic rings. The van der Waals surface area contributed by atoms with Crippen molar-refractivity contribution in [2.24, 2.45) is 0 Å². The van der Waals surface area contributed by atoms with E-state index in [1.807, 2.05) is 0 Å². The maximum atomic E-state index is 13.7. The second kappa shape index (κ2) is 7.45. The van der Waals surface area contributed by atoms with Gasteiger partial charge in [0.05, 0.1) is 17.2 Å². The molecular formula is C15H18ClFN2O3. The monoisotopic (exact) mass is 328 g/mol. The molecule has 0 saturated carbocycles. The van der Waals surface area contributed by atoms with Gasteiger partial charge in [-0.05, 0) is 31.9 Å². The lowest BCUT2D eigenvalue weighted by Gasteiger charge is -2.31. The zero-order valence-corrected chi connectivity index (χ0v) is 13.0. The van der Waals surface area contributed by atoms with E-state index < -0.39 is 11.7 Å². The van der Waals surface area contributed by atoms with Gasteiger partial charge in [-0.1, -0.05) is 17.7 Å². The number of nitrogens with zero attached hydrogens (tertiary/aromatic N) is 1. The van der Waals surface area contributed by atoms with Crippen LogP contribution in [0.3, 0.4) is 0 Å². The van der Waals surface area contributed by atoms with Crippen LogP contribution in [0.1, 0.15) is 30.1 Å². The summed E-state index contributed by atoms with van der Waals surface area (Å²) in [7, 11) is 0. The number of carbonyl (C=O) groups excluding carboxylic acids is 2. The number of ether oxygens (including phenoxy) is 1. The third kappa shape index (κ3) is 3.88. The van der Waals surface area contributed by atoms with Gasteiger partial charge in [-0.3, -0.25) is 4.79 Å². The Balaban J connectivity index is 1.91. The number of benzene rings is 1. The molecule has 120 valence electrons. The molecule has 2 amide bonds. The zero-order valence-electron chi connectivity index (χ0n) is 12.3. The Bertz CT molecular complexity index is 539. The van der Waals surface area contributed by atoms with Crippen LogP contribution in [0.5, 0.6) is 0 Å². The predicted octanol–water partition coefficient (Wildman–Crippen LogP) is 2.83. The smallest absolute Gasteiger partial charge is 0.409 e. The van der Waals surface area contributed by atoms with Gasteiger partial charge in [-0.2, -0.15) is 0 Å². The van der Waals surface area contributed by atoms with Crippen molar-refractivity contribution in [1.82, 2.24) is 10.2 Å². The van der Waals surface area contributed by atoms with Crippen LogP contribution in [0, 0.1) is 5.82 Å². The van der Waals surface area contributed by atoms with Crippen LogP contribution in [0.15, 0.2) is 18.2 Å². The summed E-state index contributed by atoms with van der Waals surface area (Å²) in [6.45, 7) is 3.08. The molecular weight excluding hydrogens is 311 g/mol. The molecule has 1 N–H and O–H groups in total. The van der Waals surface area contributed by atoms with Gasteiger partial charge >= 0.3 is 6.09 Å². The van der Waals surface area contributed by atoms with E-state index in [9.17, 15) is 14.0 Å². The fourth-order valence-corrected chi connectivity index (χ4v) is 2.64. The number of piperidine rings is 1. The molecule has 1 aromatic rings. The van der Waals surface area contributed by atoms with Gasteiger partial charge in [0.1, 0.15) is 5.82 Å². The Morgan fingerprint density at radius 2 is 2.09 bits per heavy atom. The van der Waals surface area contributed by atoms with E-state index in [-0.39, 0.29) is 22.7 Å². The lowest BCUT2D eigenvalue weighted by molar-refractivity contribution is 0.0857. The summed E-state index contributed by atoms with van der Waals surface area (Å²) in [5.74, 6) is -1.17.